The fourth-order valence-corrected chi connectivity index (χ4v) is 4.82. The molecule has 1 aliphatic heterocycles. The second-order valence-electron chi connectivity index (χ2n) is 9.98. The van der Waals surface area contributed by atoms with E-state index < -0.39 is 0 Å². The van der Waals surface area contributed by atoms with Crippen LogP contribution in [0.1, 0.15) is 21.5 Å². The fraction of sp³-hybridized carbons (Fsp3) is 0.188. The molecule has 0 aliphatic carbocycles. The molecule has 6 rings (SSSR count). The molecule has 0 atom stereocenters. The maximum Gasteiger partial charge on any atom is 0.254 e. The smallest absolute Gasteiger partial charge is 0.254 e. The molecule has 8 nitrogen and oxygen atoms in total. The number of carbonyl (C=O) groups is 2. The number of hydrogen-bond acceptors (Lipinski definition) is 6. The lowest BCUT2D eigenvalue weighted by Crippen LogP contribution is -2.40. The van der Waals surface area contributed by atoms with Crippen LogP contribution in [0.4, 0.5) is 16.0 Å². The molecule has 0 saturated carbocycles. The number of rotatable bonds is 8. The van der Waals surface area contributed by atoms with Gasteiger partial charge in [0.1, 0.15) is 11.6 Å². The van der Waals surface area contributed by atoms with Crippen molar-refractivity contribution >= 4 is 29.0 Å². The molecule has 5 aromatic rings. The topological polar surface area (TPSA) is 88.8 Å². The average molecular weight is 550 g/mol. The number of carbonyl (C=O) groups excluding carboxylic acids is 2. The van der Waals surface area contributed by atoms with Crippen LogP contribution in [-0.2, 0) is 22.4 Å². The van der Waals surface area contributed by atoms with Gasteiger partial charge in [0.05, 0.1) is 13.2 Å². The van der Waals surface area contributed by atoms with Crippen LogP contribution in [-0.4, -0.2) is 57.5 Å². The molecular formula is C32H28FN5O3. The maximum atomic E-state index is 13.1. The molecule has 41 heavy (non-hydrogen) atoms. The lowest BCUT2D eigenvalue weighted by molar-refractivity contribution is -0.117. The van der Waals surface area contributed by atoms with Gasteiger partial charge in [-0.15, -0.1) is 5.10 Å². The van der Waals surface area contributed by atoms with Gasteiger partial charge < -0.3 is 15.0 Å². The number of ketones is 1. The van der Waals surface area contributed by atoms with Crippen LogP contribution in [0.5, 0.6) is 0 Å². The molecule has 3 heterocycles. The van der Waals surface area contributed by atoms with E-state index in [4.69, 9.17) is 4.74 Å². The normalized spacial score (nSPS) is 13.3. The Labute approximate surface area is 236 Å². The molecule has 9 heteroatoms. The molecule has 3 aromatic carbocycles. The Balaban J connectivity index is 1.09. The van der Waals surface area contributed by atoms with E-state index in [0.29, 0.717) is 49.9 Å². The first-order chi connectivity index (χ1) is 20.0. The third-order valence-corrected chi connectivity index (χ3v) is 7.02. The van der Waals surface area contributed by atoms with Crippen molar-refractivity contribution in [1.82, 2.24) is 19.5 Å². The van der Waals surface area contributed by atoms with Gasteiger partial charge in [-0.05, 0) is 65.2 Å². The van der Waals surface area contributed by atoms with Crippen molar-refractivity contribution in [2.75, 3.05) is 31.6 Å². The van der Waals surface area contributed by atoms with Crippen molar-refractivity contribution in [3.8, 4) is 11.1 Å². The highest BCUT2D eigenvalue weighted by atomic mass is 19.1. The highest BCUT2D eigenvalue weighted by molar-refractivity contribution is 5.94. The molecule has 0 spiro atoms. The van der Waals surface area contributed by atoms with Crippen LogP contribution < -0.4 is 5.32 Å². The lowest BCUT2D eigenvalue weighted by Gasteiger charge is -2.26. The predicted molar refractivity (Wildman–Crippen MR) is 154 cm³/mol. The Kier molecular flexibility index (Phi) is 7.51. The van der Waals surface area contributed by atoms with Crippen LogP contribution in [0, 0.1) is 5.82 Å². The number of nitrogens with zero attached hydrogens (tertiary/aromatic N) is 4. The highest BCUT2D eigenvalue weighted by Crippen LogP contribution is 2.22. The van der Waals surface area contributed by atoms with Crippen LogP contribution in [0.3, 0.4) is 0 Å². The minimum absolute atomic E-state index is 0.00265. The van der Waals surface area contributed by atoms with Gasteiger partial charge in [0.25, 0.3) is 5.91 Å². The predicted octanol–water partition coefficient (Wildman–Crippen LogP) is 5.11. The molecule has 2 aromatic heterocycles. The summed E-state index contributed by atoms with van der Waals surface area (Å²) < 4.78 is 20.1. The molecule has 0 unspecified atom stereocenters. The van der Waals surface area contributed by atoms with Crippen LogP contribution in [0.15, 0.2) is 91.1 Å². The Morgan fingerprint density at radius 2 is 1.44 bits per heavy atom. The van der Waals surface area contributed by atoms with Gasteiger partial charge >= 0.3 is 0 Å². The molecule has 206 valence electrons. The number of halogens is 1. The van der Waals surface area contributed by atoms with E-state index in [1.165, 1.54) is 12.1 Å². The zero-order chi connectivity index (χ0) is 28.2. The van der Waals surface area contributed by atoms with E-state index in [-0.39, 0.29) is 23.9 Å². The Bertz CT molecular complexity index is 1680. The largest absolute Gasteiger partial charge is 0.378 e. The monoisotopic (exact) mass is 549 g/mol. The minimum Gasteiger partial charge on any atom is -0.378 e. The number of Topliss-reactive ketones (excluding diaryl/α,β-unsaturated/α-hetero) is 1. The van der Waals surface area contributed by atoms with Crippen LogP contribution in [0.2, 0.25) is 0 Å². The highest BCUT2D eigenvalue weighted by Gasteiger charge is 2.18. The van der Waals surface area contributed by atoms with Gasteiger partial charge in [-0.25, -0.2) is 8.91 Å². The average Bonchev–Trinajstić information content (AvgIpc) is 3.41. The van der Waals surface area contributed by atoms with Crippen molar-refractivity contribution in [1.29, 1.82) is 0 Å². The Hall–Kier alpha value is -4.89. The molecule has 1 fully saturated rings. The lowest BCUT2D eigenvalue weighted by atomic mass is 10.0. The number of anilines is 2. The number of nitrogens with one attached hydrogen (secondary N) is 1. The van der Waals surface area contributed by atoms with Gasteiger partial charge in [0, 0.05) is 48.9 Å². The first-order valence-electron chi connectivity index (χ1n) is 13.5. The SMILES string of the molecule is O=C(Cc1ccc(F)cc1)Cc1ccc(-c2ccc3nc(Nc4ccc(C(=O)N5CCOCC5)cc4)nn3c2)cc1. The number of hydrogen-bond donors (Lipinski definition) is 1. The van der Waals surface area contributed by atoms with Gasteiger partial charge in [-0.1, -0.05) is 36.4 Å². The van der Waals surface area contributed by atoms with Crippen LogP contribution >= 0.6 is 0 Å². The van der Waals surface area contributed by atoms with Gasteiger partial charge in [0.2, 0.25) is 5.95 Å². The summed E-state index contributed by atoms with van der Waals surface area (Å²) in [6.45, 7) is 2.35. The van der Waals surface area contributed by atoms with Gasteiger partial charge in [-0.3, -0.25) is 9.59 Å². The molecular weight excluding hydrogens is 521 g/mol. The van der Waals surface area contributed by atoms with E-state index in [0.717, 1.165) is 27.9 Å². The number of benzene rings is 3. The zero-order valence-corrected chi connectivity index (χ0v) is 22.3. The maximum absolute atomic E-state index is 13.1. The number of pyridine rings is 1. The summed E-state index contributed by atoms with van der Waals surface area (Å²) in [5.74, 6) is 0.219. The van der Waals surface area contributed by atoms with Gasteiger partial charge in [-0.2, -0.15) is 4.98 Å². The first-order valence-corrected chi connectivity index (χ1v) is 13.5. The van der Waals surface area contributed by atoms with E-state index in [2.05, 4.69) is 15.4 Å². The standard InChI is InChI=1S/C32H28FN5O3/c33-27-10-3-23(4-11-27)20-29(39)19-22-1-5-24(6-2-22)26-9-14-30-35-32(36-38(30)21-26)34-28-12-7-25(8-13-28)31(40)37-15-17-41-18-16-37/h1-14,21H,15-20H2,(H,34,36). The summed E-state index contributed by atoms with van der Waals surface area (Å²) in [5, 5.41) is 7.77. The quantitative estimate of drug-likeness (QED) is 0.290. The van der Waals surface area contributed by atoms with Crippen LogP contribution in [0.25, 0.3) is 16.8 Å². The second kappa shape index (κ2) is 11.7. The van der Waals surface area contributed by atoms with Crippen molar-refractivity contribution in [2.24, 2.45) is 0 Å². The molecule has 1 aliphatic rings. The molecule has 0 radical (unpaired) electrons. The van der Waals surface area contributed by atoms with Crippen molar-refractivity contribution in [3.05, 3.63) is 114 Å². The third kappa shape index (κ3) is 6.31. The third-order valence-electron chi connectivity index (χ3n) is 7.02. The number of aromatic nitrogens is 3. The number of ether oxygens (including phenoxy) is 1. The van der Waals surface area contributed by atoms with Crippen molar-refractivity contribution in [3.63, 3.8) is 0 Å². The number of amides is 1. The van der Waals surface area contributed by atoms with E-state index in [9.17, 15) is 14.0 Å². The number of fused-ring (bicyclic) bond motifs is 1. The summed E-state index contributed by atoms with van der Waals surface area (Å²) in [6, 6.07) is 25.1. The Morgan fingerprint density at radius 3 is 2.12 bits per heavy atom. The van der Waals surface area contributed by atoms with Crippen molar-refractivity contribution in [2.45, 2.75) is 12.8 Å². The van der Waals surface area contributed by atoms with E-state index in [1.807, 2.05) is 54.7 Å². The second-order valence-corrected chi connectivity index (χ2v) is 9.98. The summed E-state index contributed by atoms with van der Waals surface area (Å²) in [4.78, 5) is 31.5. The molecule has 0 bridgehead atoms. The summed E-state index contributed by atoms with van der Waals surface area (Å²) in [6.07, 6.45) is 2.50. The van der Waals surface area contributed by atoms with Gasteiger partial charge in [0.15, 0.2) is 5.65 Å². The molecule has 1 N–H and O–H groups in total. The first kappa shape index (κ1) is 26.3. The van der Waals surface area contributed by atoms with E-state index in [1.54, 1.807) is 33.7 Å². The summed E-state index contributed by atoms with van der Waals surface area (Å²) >= 11 is 0. The van der Waals surface area contributed by atoms with E-state index >= 15 is 0 Å². The summed E-state index contributed by atoms with van der Waals surface area (Å²) in [7, 11) is 0. The fourth-order valence-electron chi connectivity index (χ4n) is 4.82. The van der Waals surface area contributed by atoms with Crippen molar-refractivity contribution < 1.29 is 18.7 Å². The molecule has 1 amide bonds. The molecule has 1 saturated heterocycles. The summed E-state index contributed by atoms with van der Waals surface area (Å²) in [5.41, 5.74) is 5.79. The number of morpholine rings is 1. The minimum atomic E-state index is -0.308. The Morgan fingerprint density at radius 1 is 0.805 bits per heavy atom. The zero-order valence-electron chi connectivity index (χ0n) is 22.3.